The summed E-state index contributed by atoms with van der Waals surface area (Å²) >= 11 is 0. The molecule has 0 aliphatic carbocycles. The van der Waals surface area contributed by atoms with E-state index in [0.29, 0.717) is 0 Å². The van der Waals surface area contributed by atoms with Gasteiger partial charge in [-0.25, -0.2) is 0 Å². The van der Waals surface area contributed by atoms with Crippen LogP contribution >= 0.6 is 0 Å². The van der Waals surface area contributed by atoms with Crippen molar-refractivity contribution in [3.05, 3.63) is 24.3 Å². The quantitative estimate of drug-likeness (QED) is 0.386. The van der Waals surface area contributed by atoms with Crippen molar-refractivity contribution in [1.29, 1.82) is 0 Å². The largest absolute Gasteiger partial charge is 0.0914 e. The Morgan fingerprint density at radius 2 is 1.75 bits per heavy atom. The Bertz CT molecular complexity index is 120. The third-order valence-electron chi connectivity index (χ3n) is 1.90. The van der Waals surface area contributed by atoms with Gasteiger partial charge in [-0.1, -0.05) is 50.5 Å². The molecule has 0 aromatic carbocycles. The molecule has 0 aromatic rings. The maximum absolute atomic E-state index is 2.30. The zero-order valence-electron chi connectivity index (χ0n) is 8.55. The minimum atomic E-state index is 1.10. The van der Waals surface area contributed by atoms with E-state index in [4.69, 9.17) is 0 Å². The van der Waals surface area contributed by atoms with Crippen LogP contribution in [0.25, 0.3) is 0 Å². The summed E-state index contributed by atoms with van der Waals surface area (Å²) in [7, 11) is 0. The number of allylic oxidation sites excluding steroid dienone is 4. The fourth-order valence-corrected chi connectivity index (χ4v) is 1.12. The molecule has 0 bridgehead atoms. The van der Waals surface area contributed by atoms with Crippen LogP contribution < -0.4 is 0 Å². The SMILES string of the molecule is C/C=C\C/C=C/CCCCCC. The molecule has 0 fully saturated rings. The molecule has 12 heavy (non-hydrogen) atoms. The van der Waals surface area contributed by atoms with Gasteiger partial charge >= 0.3 is 0 Å². The highest BCUT2D eigenvalue weighted by Gasteiger charge is 1.83. The second-order valence-electron chi connectivity index (χ2n) is 3.13. The molecular weight excluding hydrogens is 144 g/mol. The van der Waals surface area contributed by atoms with Crippen LogP contribution in [0.5, 0.6) is 0 Å². The molecule has 0 saturated heterocycles. The van der Waals surface area contributed by atoms with Gasteiger partial charge in [0.15, 0.2) is 0 Å². The number of hydrogen-bond donors (Lipinski definition) is 0. The first-order valence-electron chi connectivity index (χ1n) is 5.18. The molecule has 0 atom stereocenters. The zero-order chi connectivity index (χ0) is 9.07. The van der Waals surface area contributed by atoms with E-state index in [1.54, 1.807) is 0 Å². The molecular formula is C12H22. The molecule has 0 heterocycles. The van der Waals surface area contributed by atoms with Crippen molar-refractivity contribution in [3.8, 4) is 0 Å². The number of unbranched alkanes of at least 4 members (excludes halogenated alkanes) is 4. The average molecular weight is 166 g/mol. The van der Waals surface area contributed by atoms with Crippen molar-refractivity contribution in [2.75, 3.05) is 0 Å². The Morgan fingerprint density at radius 1 is 0.917 bits per heavy atom. The van der Waals surface area contributed by atoms with Crippen LogP contribution in [0.1, 0.15) is 52.4 Å². The maximum Gasteiger partial charge on any atom is -0.0169 e. The first-order chi connectivity index (χ1) is 5.91. The maximum atomic E-state index is 2.30. The molecule has 70 valence electrons. The Labute approximate surface area is 77.4 Å². The van der Waals surface area contributed by atoms with Gasteiger partial charge in [-0.15, -0.1) is 0 Å². The van der Waals surface area contributed by atoms with Crippen LogP contribution in [-0.2, 0) is 0 Å². The van der Waals surface area contributed by atoms with E-state index in [-0.39, 0.29) is 0 Å². The molecule has 0 nitrogen and oxygen atoms in total. The second kappa shape index (κ2) is 10.5. The lowest BCUT2D eigenvalue weighted by atomic mass is 10.1. The lowest BCUT2D eigenvalue weighted by molar-refractivity contribution is 0.674. The molecule has 0 spiro atoms. The van der Waals surface area contributed by atoms with Crippen LogP contribution in [0.2, 0.25) is 0 Å². The molecule has 0 heteroatoms. The van der Waals surface area contributed by atoms with E-state index in [1.807, 2.05) is 0 Å². The van der Waals surface area contributed by atoms with Crippen molar-refractivity contribution in [2.45, 2.75) is 52.4 Å². The summed E-state index contributed by atoms with van der Waals surface area (Å²) in [6.45, 7) is 4.32. The van der Waals surface area contributed by atoms with Gasteiger partial charge in [-0.2, -0.15) is 0 Å². The summed E-state index contributed by atoms with van der Waals surface area (Å²) in [6.07, 6.45) is 16.7. The van der Waals surface area contributed by atoms with Crippen molar-refractivity contribution >= 4 is 0 Å². The third-order valence-corrected chi connectivity index (χ3v) is 1.90. The van der Waals surface area contributed by atoms with Gasteiger partial charge in [-0.3, -0.25) is 0 Å². The van der Waals surface area contributed by atoms with Gasteiger partial charge in [0.05, 0.1) is 0 Å². The fourth-order valence-electron chi connectivity index (χ4n) is 1.12. The van der Waals surface area contributed by atoms with Crippen molar-refractivity contribution in [2.24, 2.45) is 0 Å². The summed E-state index contributed by atoms with van der Waals surface area (Å²) in [5.74, 6) is 0. The first kappa shape index (κ1) is 11.5. The first-order valence-corrected chi connectivity index (χ1v) is 5.18. The predicted octanol–water partition coefficient (Wildman–Crippen LogP) is 4.48. The molecule has 0 unspecified atom stereocenters. The number of rotatable bonds is 7. The molecule has 0 radical (unpaired) electrons. The topological polar surface area (TPSA) is 0 Å². The minimum Gasteiger partial charge on any atom is -0.0914 e. The molecule has 0 aliphatic heterocycles. The van der Waals surface area contributed by atoms with Crippen molar-refractivity contribution in [1.82, 2.24) is 0 Å². The average Bonchev–Trinajstić information content (AvgIpc) is 2.10. The normalized spacial score (nSPS) is 11.8. The van der Waals surface area contributed by atoms with Crippen LogP contribution in [0.4, 0.5) is 0 Å². The Morgan fingerprint density at radius 3 is 2.42 bits per heavy atom. The highest BCUT2D eigenvalue weighted by molar-refractivity contribution is 4.91. The van der Waals surface area contributed by atoms with E-state index in [0.717, 1.165) is 6.42 Å². The van der Waals surface area contributed by atoms with Crippen LogP contribution in [0.3, 0.4) is 0 Å². The van der Waals surface area contributed by atoms with E-state index in [2.05, 4.69) is 38.2 Å². The lowest BCUT2D eigenvalue weighted by Crippen LogP contribution is -1.73. The van der Waals surface area contributed by atoms with Gasteiger partial charge in [0.1, 0.15) is 0 Å². The summed E-state index contributed by atoms with van der Waals surface area (Å²) in [6, 6.07) is 0. The highest BCUT2D eigenvalue weighted by atomic mass is 13.9. The molecule has 0 N–H and O–H groups in total. The third kappa shape index (κ3) is 9.48. The van der Waals surface area contributed by atoms with E-state index < -0.39 is 0 Å². The monoisotopic (exact) mass is 166 g/mol. The van der Waals surface area contributed by atoms with E-state index in [1.165, 1.54) is 32.1 Å². The molecule has 0 saturated carbocycles. The minimum absolute atomic E-state index is 1.10. The second-order valence-corrected chi connectivity index (χ2v) is 3.13. The summed E-state index contributed by atoms with van der Waals surface area (Å²) < 4.78 is 0. The standard InChI is InChI=1S/C12H22/c1-3-5-7-9-11-12-10-8-6-4-2/h3,5,9,11H,4,6-8,10,12H2,1-2H3/b5-3-,11-9+. The van der Waals surface area contributed by atoms with Crippen molar-refractivity contribution in [3.63, 3.8) is 0 Å². The van der Waals surface area contributed by atoms with Gasteiger partial charge in [-0.05, 0) is 26.2 Å². The smallest absolute Gasteiger partial charge is 0.0169 e. The van der Waals surface area contributed by atoms with Gasteiger partial charge < -0.3 is 0 Å². The number of hydrogen-bond acceptors (Lipinski definition) is 0. The molecule has 0 rings (SSSR count). The van der Waals surface area contributed by atoms with Crippen LogP contribution in [-0.4, -0.2) is 0 Å². The Kier molecular flexibility index (Phi) is 10.0. The van der Waals surface area contributed by atoms with Gasteiger partial charge in [0.25, 0.3) is 0 Å². The van der Waals surface area contributed by atoms with Gasteiger partial charge in [0, 0.05) is 0 Å². The van der Waals surface area contributed by atoms with Crippen molar-refractivity contribution < 1.29 is 0 Å². The van der Waals surface area contributed by atoms with E-state index >= 15 is 0 Å². The predicted molar refractivity (Wildman–Crippen MR) is 57.3 cm³/mol. The van der Waals surface area contributed by atoms with Crippen LogP contribution in [0.15, 0.2) is 24.3 Å². The lowest BCUT2D eigenvalue weighted by Gasteiger charge is -1.93. The summed E-state index contributed by atoms with van der Waals surface area (Å²) in [5, 5.41) is 0. The fraction of sp³-hybridized carbons (Fsp3) is 0.667. The summed E-state index contributed by atoms with van der Waals surface area (Å²) in [4.78, 5) is 0. The molecule has 0 amide bonds. The zero-order valence-corrected chi connectivity index (χ0v) is 8.55. The van der Waals surface area contributed by atoms with Gasteiger partial charge in [0.2, 0.25) is 0 Å². The molecule has 0 aromatic heterocycles. The Balaban J connectivity index is 3.02. The molecule has 0 aliphatic rings. The van der Waals surface area contributed by atoms with Crippen LogP contribution in [0, 0.1) is 0 Å². The highest BCUT2D eigenvalue weighted by Crippen LogP contribution is 2.03. The van der Waals surface area contributed by atoms with E-state index in [9.17, 15) is 0 Å². The Hall–Kier alpha value is -0.520. The summed E-state index contributed by atoms with van der Waals surface area (Å²) in [5.41, 5.74) is 0.